The summed E-state index contributed by atoms with van der Waals surface area (Å²) in [6.07, 6.45) is 0.936. The van der Waals surface area contributed by atoms with Gasteiger partial charge in [-0.15, -0.1) is 0 Å². The Kier molecular flexibility index (Phi) is 4.98. The Labute approximate surface area is 108 Å². The molecular weight excluding hydrogens is 284 g/mol. The van der Waals surface area contributed by atoms with Crippen molar-refractivity contribution in [2.24, 2.45) is 0 Å². The van der Waals surface area contributed by atoms with Crippen LogP contribution in [-0.2, 0) is 0 Å². The molecule has 17 heavy (non-hydrogen) atoms. The molecule has 0 saturated carbocycles. The van der Waals surface area contributed by atoms with E-state index in [-0.39, 0.29) is 29.7 Å². The van der Waals surface area contributed by atoms with Crippen molar-refractivity contribution in [1.82, 2.24) is 5.32 Å². The van der Waals surface area contributed by atoms with Crippen molar-refractivity contribution in [2.75, 3.05) is 0 Å². The number of carbonyl (C=O) groups is 1. The largest absolute Gasteiger partial charge is 0.507 e. The van der Waals surface area contributed by atoms with Crippen LogP contribution in [0.15, 0.2) is 22.7 Å². The summed E-state index contributed by atoms with van der Waals surface area (Å²) in [6, 6.07) is 6.47. The molecule has 4 nitrogen and oxygen atoms in total. The summed E-state index contributed by atoms with van der Waals surface area (Å²) >= 11 is 3.24. The molecule has 0 bridgehead atoms. The minimum atomic E-state index is -0.370. The first-order chi connectivity index (χ1) is 8.08. The van der Waals surface area contributed by atoms with Gasteiger partial charge >= 0.3 is 0 Å². The van der Waals surface area contributed by atoms with Gasteiger partial charge in [-0.25, -0.2) is 0 Å². The Hall–Kier alpha value is -1.54. The first-order valence-electron chi connectivity index (χ1n) is 5.24. The number of halogens is 1. The van der Waals surface area contributed by atoms with E-state index in [1.54, 1.807) is 12.1 Å². The number of phenols is 1. The van der Waals surface area contributed by atoms with Gasteiger partial charge in [0.1, 0.15) is 5.75 Å². The predicted molar refractivity (Wildman–Crippen MR) is 67.6 cm³/mol. The molecule has 1 unspecified atom stereocenters. The third kappa shape index (κ3) is 3.75. The quantitative estimate of drug-likeness (QED) is 0.897. The summed E-state index contributed by atoms with van der Waals surface area (Å²) < 4.78 is 0.716. The second-order valence-corrected chi connectivity index (χ2v) is 4.52. The Morgan fingerprint density at radius 3 is 2.94 bits per heavy atom. The average Bonchev–Trinajstić information content (AvgIpc) is 2.31. The smallest absolute Gasteiger partial charge is 0.255 e. The molecule has 90 valence electrons. The molecule has 0 radical (unpaired) electrons. The van der Waals surface area contributed by atoms with Gasteiger partial charge in [0.2, 0.25) is 0 Å². The van der Waals surface area contributed by atoms with Crippen LogP contribution in [0, 0.1) is 11.3 Å². The summed E-state index contributed by atoms with van der Waals surface area (Å²) in [7, 11) is 0. The molecule has 0 aromatic heterocycles. The van der Waals surface area contributed by atoms with Crippen molar-refractivity contribution in [3.05, 3.63) is 28.2 Å². The van der Waals surface area contributed by atoms with Crippen LogP contribution >= 0.6 is 15.9 Å². The first kappa shape index (κ1) is 13.5. The minimum Gasteiger partial charge on any atom is -0.507 e. The van der Waals surface area contributed by atoms with Gasteiger partial charge < -0.3 is 10.4 Å². The van der Waals surface area contributed by atoms with E-state index in [4.69, 9.17) is 5.26 Å². The lowest BCUT2D eigenvalue weighted by molar-refractivity contribution is 0.0934. The zero-order valence-corrected chi connectivity index (χ0v) is 11.0. The second kappa shape index (κ2) is 6.26. The highest BCUT2D eigenvalue weighted by Crippen LogP contribution is 2.21. The van der Waals surface area contributed by atoms with Crippen LogP contribution in [-0.4, -0.2) is 17.1 Å². The zero-order chi connectivity index (χ0) is 12.8. The molecule has 0 aliphatic carbocycles. The number of hydrogen-bond acceptors (Lipinski definition) is 3. The van der Waals surface area contributed by atoms with Gasteiger partial charge in [0, 0.05) is 10.5 Å². The van der Waals surface area contributed by atoms with Crippen LogP contribution < -0.4 is 5.32 Å². The van der Waals surface area contributed by atoms with Crippen LogP contribution in [0.4, 0.5) is 0 Å². The zero-order valence-electron chi connectivity index (χ0n) is 9.40. The molecule has 1 aromatic carbocycles. The number of nitriles is 1. The van der Waals surface area contributed by atoms with E-state index in [0.29, 0.717) is 10.9 Å². The van der Waals surface area contributed by atoms with E-state index in [2.05, 4.69) is 21.2 Å². The predicted octanol–water partition coefficient (Wildman–Crippen LogP) is 2.58. The van der Waals surface area contributed by atoms with Crippen molar-refractivity contribution in [1.29, 1.82) is 5.26 Å². The van der Waals surface area contributed by atoms with Crippen molar-refractivity contribution < 1.29 is 9.90 Å². The maximum Gasteiger partial charge on any atom is 0.255 e. The average molecular weight is 297 g/mol. The van der Waals surface area contributed by atoms with Gasteiger partial charge in [-0.05, 0) is 24.6 Å². The van der Waals surface area contributed by atoms with E-state index in [9.17, 15) is 9.90 Å². The van der Waals surface area contributed by atoms with Gasteiger partial charge in [-0.1, -0.05) is 22.9 Å². The maximum absolute atomic E-state index is 11.9. The van der Waals surface area contributed by atoms with Gasteiger partial charge in [0.05, 0.1) is 18.1 Å². The molecule has 0 aliphatic rings. The fraction of sp³-hybridized carbons (Fsp3) is 0.333. The Morgan fingerprint density at radius 1 is 1.65 bits per heavy atom. The fourth-order valence-electron chi connectivity index (χ4n) is 1.36. The highest BCUT2D eigenvalue weighted by molar-refractivity contribution is 9.10. The summed E-state index contributed by atoms with van der Waals surface area (Å²) in [6.45, 7) is 1.89. The topological polar surface area (TPSA) is 73.1 Å². The number of amides is 1. The van der Waals surface area contributed by atoms with Crippen LogP contribution in [0.5, 0.6) is 5.75 Å². The number of rotatable bonds is 4. The van der Waals surface area contributed by atoms with E-state index < -0.39 is 0 Å². The van der Waals surface area contributed by atoms with E-state index >= 15 is 0 Å². The second-order valence-electron chi connectivity index (χ2n) is 3.60. The molecule has 1 amide bonds. The Bertz CT molecular complexity index is 454. The number of aromatic hydroxyl groups is 1. The van der Waals surface area contributed by atoms with E-state index in [0.717, 1.165) is 0 Å². The SMILES string of the molecule is CCC(CC#N)NC(=O)c1cc(Br)ccc1O. The lowest BCUT2D eigenvalue weighted by Gasteiger charge is -2.14. The molecule has 0 aliphatic heterocycles. The Morgan fingerprint density at radius 2 is 2.35 bits per heavy atom. The monoisotopic (exact) mass is 296 g/mol. The van der Waals surface area contributed by atoms with Crippen molar-refractivity contribution in [3.63, 3.8) is 0 Å². The highest BCUT2D eigenvalue weighted by Gasteiger charge is 2.15. The van der Waals surface area contributed by atoms with Crippen molar-refractivity contribution >= 4 is 21.8 Å². The Balaban J connectivity index is 2.82. The standard InChI is InChI=1S/C12H13BrN2O2/c1-2-9(5-6-14)15-12(17)10-7-8(13)3-4-11(10)16/h3-4,7,9,16H,2,5H2,1H3,(H,15,17). The van der Waals surface area contributed by atoms with Crippen LogP contribution in [0.2, 0.25) is 0 Å². The summed E-state index contributed by atoms with van der Waals surface area (Å²) in [5.74, 6) is -0.441. The molecule has 0 saturated heterocycles. The molecule has 1 rings (SSSR count). The summed E-state index contributed by atoms with van der Waals surface area (Å²) in [4.78, 5) is 11.9. The number of carbonyl (C=O) groups excluding carboxylic acids is 1. The molecule has 0 spiro atoms. The van der Waals surface area contributed by atoms with Gasteiger partial charge in [0.25, 0.3) is 5.91 Å². The van der Waals surface area contributed by atoms with E-state index in [1.807, 2.05) is 13.0 Å². The number of phenolic OH excluding ortho intramolecular Hbond substituents is 1. The van der Waals surface area contributed by atoms with E-state index in [1.165, 1.54) is 6.07 Å². The summed E-state index contributed by atoms with van der Waals surface area (Å²) in [5, 5.41) is 20.9. The maximum atomic E-state index is 11.9. The summed E-state index contributed by atoms with van der Waals surface area (Å²) in [5.41, 5.74) is 0.204. The minimum absolute atomic E-state index is 0.0717. The van der Waals surface area contributed by atoms with Crippen molar-refractivity contribution in [2.45, 2.75) is 25.8 Å². The van der Waals surface area contributed by atoms with Gasteiger partial charge in [-0.2, -0.15) is 5.26 Å². The molecule has 2 N–H and O–H groups in total. The normalized spacial score (nSPS) is 11.6. The third-order valence-electron chi connectivity index (χ3n) is 2.37. The number of hydrogen-bond donors (Lipinski definition) is 2. The fourth-order valence-corrected chi connectivity index (χ4v) is 1.72. The number of nitrogens with one attached hydrogen (secondary N) is 1. The van der Waals surface area contributed by atoms with Gasteiger partial charge in [0.15, 0.2) is 0 Å². The van der Waals surface area contributed by atoms with Crippen molar-refractivity contribution in [3.8, 4) is 11.8 Å². The lowest BCUT2D eigenvalue weighted by atomic mass is 10.1. The van der Waals surface area contributed by atoms with Gasteiger partial charge in [-0.3, -0.25) is 4.79 Å². The van der Waals surface area contributed by atoms with Crippen LogP contribution in [0.1, 0.15) is 30.1 Å². The molecule has 5 heteroatoms. The number of nitrogens with zero attached hydrogens (tertiary/aromatic N) is 1. The molecule has 0 heterocycles. The molecular formula is C12H13BrN2O2. The third-order valence-corrected chi connectivity index (χ3v) is 2.86. The lowest BCUT2D eigenvalue weighted by Crippen LogP contribution is -2.34. The first-order valence-corrected chi connectivity index (χ1v) is 6.04. The molecule has 1 atom stereocenters. The van der Waals surface area contributed by atoms with Crippen LogP contribution in [0.25, 0.3) is 0 Å². The molecule has 1 aromatic rings. The number of benzene rings is 1. The molecule has 0 fully saturated rings. The highest BCUT2D eigenvalue weighted by atomic mass is 79.9. The van der Waals surface area contributed by atoms with Crippen LogP contribution in [0.3, 0.4) is 0 Å².